The molecule has 0 aliphatic heterocycles. The van der Waals surface area contributed by atoms with Crippen molar-refractivity contribution in [3.63, 3.8) is 0 Å². The molecule has 0 spiro atoms. The average Bonchev–Trinajstić information content (AvgIpc) is 3.53. The number of nitrogens with one attached hydrogen (secondary N) is 1. The number of rotatable bonds is 8. The van der Waals surface area contributed by atoms with Gasteiger partial charge in [-0.15, -0.1) is 0 Å². The highest BCUT2D eigenvalue weighted by Crippen LogP contribution is 2.14. The second kappa shape index (κ2) is 9.81. The minimum atomic E-state index is -0.552. The van der Waals surface area contributed by atoms with Crippen LogP contribution in [0.4, 0.5) is 5.69 Å². The van der Waals surface area contributed by atoms with Crippen LogP contribution >= 0.6 is 0 Å². The smallest absolute Gasteiger partial charge is 0.332 e. The van der Waals surface area contributed by atoms with Gasteiger partial charge in [0.1, 0.15) is 18.3 Å². The number of fused-ring (bicyclic) bond motifs is 2. The van der Waals surface area contributed by atoms with Gasteiger partial charge in [-0.1, -0.05) is 12.1 Å². The van der Waals surface area contributed by atoms with Crippen molar-refractivity contribution in [1.82, 2.24) is 43.3 Å². The Kier molecular flexibility index (Phi) is 6.35. The molecule has 0 unspecified atom stereocenters. The maximum absolute atomic E-state index is 12.9. The topological polar surface area (TPSA) is 187 Å². The number of aryl methyl sites for hydroxylation is 1. The average molecular weight is 534 g/mol. The molecular weight excluding hydrogens is 512 g/mol. The van der Waals surface area contributed by atoms with Crippen molar-refractivity contribution < 1.29 is 9.72 Å². The maximum Gasteiger partial charge on any atom is 0.332 e. The molecule has 1 aromatic carbocycles. The Balaban J connectivity index is 1.26. The van der Waals surface area contributed by atoms with E-state index in [1.54, 1.807) is 12.1 Å². The van der Waals surface area contributed by atoms with Crippen LogP contribution in [0.3, 0.4) is 0 Å². The largest absolute Gasteiger partial charge is 0.353 e. The lowest BCUT2D eigenvalue weighted by atomic mass is 10.2. The highest BCUT2D eigenvalue weighted by atomic mass is 16.6. The molecule has 16 heteroatoms. The quantitative estimate of drug-likeness (QED) is 0.195. The molecule has 0 aliphatic rings. The van der Waals surface area contributed by atoms with E-state index in [9.17, 15) is 29.3 Å². The van der Waals surface area contributed by atoms with E-state index in [0.29, 0.717) is 11.2 Å². The number of aromatic nitrogens is 8. The summed E-state index contributed by atoms with van der Waals surface area (Å²) < 4.78 is 6.38. The van der Waals surface area contributed by atoms with E-state index in [1.165, 1.54) is 63.5 Å². The van der Waals surface area contributed by atoms with E-state index in [0.717, 1.165) is 4.57 Å². The zero-order valence-corrected chi connectivity index (χ0v) is 20.8. The molecule has 0 atom stereocenters. The molecule has 5 rings (SSSR count). The van der Waals surface area contributed by atoms with Crippen molar-refractivity contribution >= 4 is 33.8 Å². The Labute approximate surface area is 217 Å². The number of amides is 1. The van der Waals surface area contributed by atoms with Crippen LogP contribution in [-0.2, 0) is 38.5 Å². The van der Waals surface area contributed by atoms with Crippen molar-refractivity contribution in [1.29, 1.82) is 0 Å². The van der Waals surface area contributed by atoms with E-state index in [2.05, 4.69) is 20.4 Å². The number of non-ortho nitro benzene ring substituents is 1. The van der Waals surface area contributed by atoms with Gasteiger partial charge in [-0.3, -0.25) is 38.2 Å². The van der Waals surface area contributed by atoms with E-state index in [1.807, 2.05) is 0 Å². The van der Waals surface area contributed by atoms with Gasteiger partial charge in [0.2, 0.25) is 5.91 Å². The predicted octanol–water partition coefficient (Wildman–Crippen LogP) is -0.887. The van der Waals surface area contributed by atoms with E-state index in [-0.39, 0.29) is 54.0 Å². The summed E-state index contributed by atoms with van der Waals surface area (Å²) in [5, 5.41) is 18.2. The summed E-state index contributed by atoms with van der Waals surface area (Å²) in [6.07, 6.45) is 4.06. The Morgan fingerprint density at radius 3 is 2.54 bits per heavy atom. The number of carbonyl (C=O) groups is 1. The molecule has 5 aromatic rings. The minimum Gasteiger partial charge on any atom is -0.353 e. The molecule has 39 heavy (non-hydrogen) atoms. The lowest BCUT2D eigenvalue weighted by Gasteiger charge is -2.09. The van der Waals surface area contributed by atoms with Gasteiger partial charge in [0.25, 0.3) is 16.8 Å². The molecule has 16 nitrogen and oxygen atoms in total. The fourth-order valence-electron chi connectivity index (χ4n) is 4.27. The van der Waals surface area contributed by atoms with Crippen molar-refractivity contribution in [2.45, 2.75) is 19.6 Å². The Hall–Kier alpha value is -5.41. The summed E-state index contributed by atoms with van der Waals surface area (Å²) in [5.41, 5.74) is -0.271. The number of nitrogens with zero attached hydrogens (tertiary/aromatic N) is 9. The summed E-state index contributed by atoms with van der Waals surface area (Å²) in [6, 6.07) is 6.00. The minimum absolute atomic E-state index is 0.0706. The number of imidazole rings is 1. The molecule has 0 fully saturated rings. The fourth-order valence-corrected chi connectivity index (χ4v) is 4.27. The predicted molar refractivity (Wildman–Crippen MR) is 137 cm³/mol. The zero-order chi connectivity index (χ0) is 27.8. The summed E-state index contributed by atoms with van der Waals surface area (Å²) >= 11 is 0. The third-order valence-corrected chi connectivity index (χ3v) is 6.27. The van der Waals surface area contributed by atoms with Gasteiger partial charge in [0, 0.05) is 32.8 Å². The molecule has 1 N–H and O–H groups in total. The summed E-state index contributed by atoms with van der Waals surface area (Å²) in [7, 11) is 2.85. The maximum atomic E-state index is 12.9. The molecule has 200 valence electrons. The van der Waals surface area contributed by atoms with Crippen LogP contribution in [0.15, 0.2) is 57.5 Å². The number of nitro groups is 1. The van der Waals surface area contributed by atoms with Gasteiger partial charge in [-0.05, 0) is 5.56 Å². The number of benzene rings is 1. The normalized spacial score (nSPS) is 11.3. The molecule has 0 saturated heterocycles. The highest BCUT2D eigenvalue weighted by Gasteiger charge is 2.16. The van der Waals surface area contributed by atoms with Crippen LogP contribution in [0.25, 0.3) is 22.2 Å². The monoisotopic (exact) mass is 534 g/mol. The van der Waals surface area contributed by atoms with Crippen LogP contribution in [0, 0.1) is 10.1 Å². The van der Waals surface area contributed by atoms with Gasteiger partial charge in [-0.25, -0.2) is 19.4 Å². The van der Waals surface area contributed by atoms with E-state index in [4.69, 9.17) is 0 Å². The molecule has 0 aliphatic carbocycles. The molecule has 0 bridgehead atoms. The third kappa shape index (κ3) is 4.58. The van der Waals surface area contributed by atoms with Crippen LogP contribution in [0.5, 0.6) is 0 Å². The second-order valence-electron chi connectivity index (χ2n) is 8.81. The van der Waals surface area contributed by atoms with Crippen molar-refractivity contribution in [3.8, 4) is 0 Å². The van der Waals surface area contributed by atoms with Crippen molar-refractivity contribution in [2.24, 2.45) is 14.1 Å². The zero-order valence-electron chi connectivity index (χ0n) is 20.8. The standard InChI is InChI=1S/C23H22N10O6/c1-28-20-18(22(36)29(2)23(28)37)30(12-26-20)11-17(34)24-6-7-32-19-16(9-27-32)21(35)31(13-25-19)10-14-4-3-5-15(8-14)33(38)39/h3-5,8-9,12-13H,6-7,10-11H2,1-2H3,(H,24,34). The van der Waals surface area contributed by atoms with Crippen molar-refractivity contribution in [2.75, 3.05) is 6.54 Å². The molecule has 0 radical (unpaired) electrons. The van der Waals surface area contributed by atoms with Gasteiger partial charge in [0.15, 0.2) is 16.8 Å². The summed E-state index contributed by atoms with van der Waals surface area (Å²) in [4.78, 5) is 69.0. The Bertz CT molecular complexity index is 1940. The number of hydrogen-bond acceptors (Lipinski definition) is 9. The lowest BCUT2D eigenvalue weighted by molar-refractivity contribution is -0.384. The van der Waals surface area contributed by atoms with Crippen molar-refractivity contribution in [3.05, 3.63) is 90.0 Å². The van der Waals surface area contributed by atoms with Gasteiger partial charge < -0.3 is 9.88 Å². The molecule has 0 saturated carbocycles. The highest BCUT2D eigenvalue weighted by molar-refractivity contribution is 5.79. The third-order valence-electron chi connectivity index (χ3n) is 6.27. The fraction of sp³-hybridized carbons (Fsp3) is 0.261. The number of nitro benzene ring substituents is 1. The summed E-state index contributed by atoms with van der Waals surface area (Å²) in [6.45, 7) is 0.296. The van der Waals surface area contributed by atoms with Crippen LogP contribution < -0.4 is 22.1 Å². The van der Waals surface area contributed by atoms with E-state index >= 15 is 0 Å². The van der Waals surface area contributed by atoms with Crippen LogP contribution in [0.2, 0.25) is 0 Å². The first-order valence-corrected chi connectivity index (χ1v) is 11.7. The first kappa shape index (κ1) is 25.2. The Morgan fingerprint density at radius 1 is 1.03 bits per heavy atom. The molecule has 4 aromatic heterocycles. The Morgan fingerprint density at radius 2 is 1.77 bits per heavy atom. The molecule has 4 heterocycles. The second-order valence-corrected chi connectivity index (χ2v) is 8.81. The van der Waals surface area contributed by atoms with Gasteiger partial charge >= 0.3 is 5.69 Å². The first-order valence-electron chi connectivity index (χ1n) is 11.7. The lowest BCUT2D eigenvalue weighted by Crippen LogP contribution is -2.38. The van der Waals surface area contributed by atoms with Crippen LogP contribution in [0.1, 0.15) is 5.56 Å². The van der Waals surface area contributed by atoms with Gasteiger partial charge in [-0.2, -0.15) is 5.10 Å². The molecule has 1 amide bonds. The van der Waals surface area contributed by atoms with E-state index < -0.39 is 22.1 Å². The number of carbonyl (C=O) groups excluding carboxylic acids is 1. The summed E-state index contributed by atoms with van der Waals surface area (Å²) in [5.74, 6) is -0.395. The number of hydrogen-bond donors (Lipinski definition) is 1. The van der Waals surface area contributed by atoms with Crippen LogP contribution in [-0.4, -0.2) is 55.4 Å². The van der Waals surface area contributed by atoms with Gasteiger partial charge in [0.05, 0.1) is 30.5 Å². The molecular formula is C23H22N10O6. The first-order chi connectivity index (χ1) is 18.7. The SMILES string of the molecule is Cn1c(=O)c2c(ncn2CC(=O)NCCn2ncc3c(=O)n(Cc4cccc([N+](=O)[O-])c4)cnc32)n(C)c1=O.